The SMILES string of the molecule is CCCCNS(=O)(=O)c1cnc(N)c(Cl)c1. The average Bonchev–Trinajstić information content (AvgIpc) is 2.22. The Labute approximate surface area is 100 Å². The van der Waals surface area contributed by atoms with Crippen LogP contribution in [0, 0.1) is 0 Å². The Balaban J connectivity index is 2.86. The summed E-state index contributed by atoms with van der Waals surface area (Å²) < 4.78 is 25.9. The van der Waals surface area contributed by atoms with Crippen LogP contribution in [-0.4, -0.2) is 19.9 Å². The van der Waals surface area contributed by atoms with E-state index in [-0.39, 0.29) is 15.7 Å². The van der Waals surface area contributed by atoms with Gasteiger partial charge in [0.25, 0.3) is 0 Å². The number of unbranched alkanes of at least 4 members (excludes halogenated alkanes) is 1. The summed E-state index contributed by atoms with van der Waals surface area (Å²) in [7, 11) is -3.52. The van der Waals surface area contributed by atoms with Gasteiger partial charge in [-0.05, 0) is 12.5 Å². The Bertz CT molecular complexity index is 462. The van der Waals surface area contributed by atoms with Gasteiger partial charge < -0.3 is 5.73 Å². The molecule has 0 atom stereocenters. The van der Waals surface area contributed by atoms with Crippen molar-refractivity contribution in [2.75, 3.05) is 12.3 Å². The van der Waals surface area contributed by atoms with Crippen molar-refractivity contribution >= 4 is 27.4 Å². The topological polar surface area (TPSA) is 85.1 Å². The van der Waals surface area contributed by atoms with Crippen LogP contribution in [0.2, 0.25) is 5.02 Å². The molecule has 3 N–H and O–H groups in total. The van der Waals surface area contributed by atoms with Crippen molar-refractivity contribution in [3.05, 3.63) is 17.3 Å². The summed E-state index contributed by atoms with van der Waals surface area (Å²) in [5, 5.41) is 0.137. The van der Waals surface area contributed by atoms with E-state index in [0.717, 1.165) is 12.8 Å². The van der Waals surface area contributed by atoms with Crippen molar-refractivity contribution in [3.63, 3.8) is 0 Å². The highest BCUT2D eigenvalue weighted by Crippen LogP contribution is 2.19. The van der Waals surface area contributed by atoms with Gasteiger partial charge >= 0.3 is 0 Å². The molecular weight excluding hydrogens is 250 g/mol. The van der Waals surface area contributed by atoms with Crippen LogP contribution in [-0.2, 0) is 10.0 Å². The first-order valence-electron chi connectivity index (χ1n) is 4.88. The third kappa shape index (κ3) is 3.33. The number of aromatic nitrogens is 1. The molecule has 0 aliphatic carbocycles. The molecule has 1 rings (SSSR count). The van der Waals surface area contributed by atoms with Gasteiger partial charge in [0.15, 0.2) is 0 Å². The normalized spacial score (nSPS) is 11.6. The minimum atomic E-state index is -3.52. The zero-order valence-electron chi connectivity index (χ0n) is 8.90. The van der Waals surface area contributed by atoms with E-state index in [1.807, 2.05) is 6.92 Å². The second kappa shape index (κ2) is 5.47. The van der Waals surface area contributed by atoms with Crippen molar-refractivity contribution in [3.8, 4) is 0 Å². The standard InChI is InChI=1S/C9H14ClN3O2S/c1-2-3-4-13-16(14,15)7-5-8(10)9(11)12-6-7/h5-6,13H,2-4H2,1H3,(H2,11,12). The molecule has 0 aliphatic heterocycles. The molecule has 0 saturated heterocycles. The summed E-state index contributed by atoms with van der Waals surface area (Å²) >= 11 is 5.70. The smallest absolute Gasteiger partial charge is 0.242 e. The minimum Gasteiger partial charge on any atom is -0.382 e. The molecule has 1 aromatic heterocycles. The fraction of sp³-hybridized carbons (Fsp3) is 0.444. The predicted molar refractivity (Wildman–Crippen MR) is 63.8 cm³/mol. The Morgan fingerprint density at radius 3 is 2.81 bits per heavy atom. The molecule has 16 heavy (non-hydrogen) atoms. The van der Waals surface area contributed by atoms with E-state index >= 15 is 0 Å². The van der Waals surface area contributed by atoms with Crippen LogP contribution in [0.4, 0.5) is 5.82 Å². The van der Waals surface area contributed by atoms with Gasteiger partial charge in [0.1, 0.15) is 10.7 Å². The lowest BCUT2D eigenvalue weighted by molar-refractivity contribution is 0.578. The fourth-order valence-electron chi connectivity index (χ4n) is 1.04. The largest absolute Gasteiger partial charge is 0.382 e. The molecule has 0 fully saturated rings. The van der Waals surface area contributed by atoms with E-state index in [1.165, 1.54) is 12.3 Å². The number of nitrogens with one attached hydrogen (secondary N) is 1. The highest BCUT2D eigenvalue weighted by Gasteiger charge is 2.14. The predicted octanol–water partition coefficient (Wildman–Crippen LogP) is 1.40. The molecule has 0 amide bonds. The lowest BCUT2D eigenvalue weighted by Crippen LogP contribution is -2.24. The number of hydrogen-bond acceptors (Lipinski definition) is 4. The molecular formula is C9H14ClN3O2S. The number of nitrogens with two attached hydrogens (primary N) is 1. The van der Waals surface area contributed by atoms with Gasteiger partial charge in [0.2, 0.25) is 10.0 Å². The second-order valence-electron chi connectivity index (χ2n) is 3.29. The van der Waals surface area contributed by atoms with Gasteiger partial charge in [-0.3, -0.25) is 0 Å². The summed E-state index contributed by atoms with van der Waals surface area (Å²) in [4.78, 5) is 3.73. The summed E-state index contributed by atoms with van der Waals surface area (Å²) in [6, 6.07) is 1.29. The molecule has 0 aliphatic rings. The fourth-order valence-corrected chi connectivity index (χ4v) is 2.32. The molecule has 0 radical (unpaired) electrons. The molecule has 0 bridgehead atoms. The average molecular weight is 264 g/mol. The third-order valence-corrected chi connectivity index (χ3v) is 3.71. The maximum absolute atomic E-state index is 11.7. The maximum Gasteiger partial charge on any atom is 0.242 e. The quantitative estimate of drug-likeness (QED) is 0.787. The molecule has 0 unspecified atom stereocenters. The van der Waals surface area contributed by atoms with Gasteiger partial charge in [-0.1, -0.05) is 24.9 Å². The van der Waals surface area contributed by atoms with Crippen LogP contribution in [0.3, 0.4) is 0 Å². The van der Waals surface area contributed by atoms with Crippen molar-refractivity contribution in [1.29, 1.82) is 0 Å². The molecule has 1 aromatic rings. The first-order chi connectivity index (χ1) is 7.47. The van der Waals surface area contributed by atoms with E-state index in [1.54, 1.807) is 0 Å². The monoisotopic (exact) mass is 263 g/mol. The maximum atomic E-state index is 11.7. The van der Waals surface area contributed by atoms with Crippen LogP contribution >= 0.6 is 11.6 Å². The molecule has 90 valence electrons. The minimum absolute atomic E-state index is 0.0304. The van der Waals surface area contributed by atoms with Gasteiger partial charge in [-0.2, -0.15) is 0 Å². The second-order valence-corrected chi connectivity index (χ2v) is 5.46. The molecule has 0 aromatic carbocycles. The van der Waals surface area contributed by atoms with Crippen LogP contribution in [0.15, 0.2) is 17.2 Å². The number of hydrogen-bond donors (Lipinski definition) is 2. The molecule has 7 heteroatoms. The number of nitrogens with zero attached hydrogens (tertiary/aromatic N) is 1. The van der Waals surface area contributed by atoms with E-state index in [4.69, 9.17) is 17.3 Å². The molecule has 0 spiro atoms. The van der Waals surface area contributed by atoms with Gasteiger partial charge in [0.05, 0.1) is 5.02 Å². The number of halogens is 1. The van der Waals surface area contributed by atoms with Crippen LogP contribution in [0.1, 0.15) is 19.8 Å². The highest BCUT2D eigenvalue weighted by atomic mass is 35.5. The number of sulfonamides is 1. The van der Waals surface area contributed by atoms with E-state index in [9.17, 15) is 8.42 Å². The Kier molecular flexibility index (Phi) is 4.52. The van der Waals surface area contributed by atoms with Gasteiger partial charge in [-0.25, -0.2) is 18.1 Å². The van der Waals surface area contributed by atoms with Crippen molar-refractivity contribution in [1.82, 2.24) is 9.71 Å². The summed E-state index contributed by atoms with van der Waals surface area (Å²) in [6.45, 7) is 2.39. The molecule has 1 heterocycles. The highest BCUT2D eigenvalue weighted by molar-refractivity contribution is 7.89. The van der Waals surface area contributed by atoms with Gasteiger partial charge in [0, 0.05) is 12.7 Å². The van der Waals surface area contributed by atoms with E-state index in [2.05, 4.69) is 9.71 Å². The molecule has 5 nitrogen and oxygen atoms in total. The number of anilines is 1. The third-order valence-electron chi connectivity index (χ3n) is 1.98. The first-order valence-corrected chi connectivity index (χ1v) is 6.74. The number of nitrogen functional groups attached to an aromatic ring is 1. The summed E-state index contributed by atoms with van der Waals surface area (Å²) in [5.74, 6) is 0.120. The number of rotatable bonds is 5. The zero-order valence-corrected chi connectivity index (χ0v) is 10.5. The lowest BCUT2D eigenvalue weighted by atomic mass is 10.3. The zero-order chi connectivity index (χ0) is 12.2. The summed E-state index contributed by atoms with van der Waals surface area (Å²) in [6.07, 6.45) is 2.90. The van der Waals surface area contributed by atoms with Crippen LogP contribution in [0.5, 0.6) is 0 Å². The Morgan fingerprint density at radius 1 is 1.56 bits per heavy atom. The Hall–Kier alpha value is -0.850. The molecule has 0 saturated carbocycles. The first kappa shape index (κ1) is 13.2. The summed E-state index contributed by atoms with van der Waals surface area (Å²) in [5.41, 5.74) is 5.40. The van der Waals surface area contributed by atoms with Crippen LogP contribution in [0.25, 0.3) is 0 Å². The van der Waals surface area contributed by atoms with Crippen LogP contribution < -0.4 is 10.5 Å². The van der Waals surface area contributed by atoms with Crippen molar-refractivity contribution < 1.29 is 8.42 Å². The van der Waals surface area contributed by atoms with Crippen molar-refractivity contribution in [2.45, 2.75) is 24.7 Å². The van der Waals surface area contributed by atoms with E-state index < -0.39 is 10.0 Å². The van der Waals surface area contributed by atoms with Crippen molar-refractivity contribution in [2.24, 2.45) is 0 Å². The number of pyridine rings is 1. The lowest BCUT2D eigenvalue weighted by Gasteiger charge is -2.06. The Morgan fingerprint density at radius 2 is 2.25 bits per heavy atom. The van der Waals surface area contributed by atoms with Gasteiger partial charge in [-0.15, -0.1) is 0 Å². The van der Waals surface area contributed by atoms with E-state index in [0.29, 0.717) is 6.54 Å².